The van der Waals surface area contributed by atoms with Gasteiger partial charge in [0.15, 0.2) is 0 Å². The van der Waals surface area contributed by atoms with E-state index in [2.05, 4.69) is 5.32 Å². The molecule has 0 saturated heterocycles. The second kappa shape index (κ2) is 3.90. The lowest BCUT2D eigenvalue weighted by Gasteiger charge is -2.17. The number of carbonyl (C=O) groups is 1. The van der Waals surface area contributed by atoms with Crippen molar-refractivity contribution in [2.24, 2.45) is 0 Å². The second-order valence-corrected chi connectivity index (χ2v) is 3.74. The van der Waals surface area contributed by atoms with Crippen molar-refractivity contribution in [3.8, 4) is 0 Å². The number of carbonyl (C=O) groups excluding carboxylic acids is 1. The summed E-state index contributed by atoms with van der Waals surface area (Å²) < 4.78 is 36.6. The average molecular weight is 229 g/mol. The van der Waals surface area contributed by atoms with Gasteiger partial charge < -0.3 is 5.32 Å². The van der Waals surface area contributed by atoms with E-state index in [0.717, 1.165) is 24.1 Å². The van der Waals surface area contributed by atoms with Gasteiger partial charge in [0.05, 0.1) is 0 Å². The molecule has 0 spiro atoms. The minimum absolute atomic E-state index is 0.282. The van der Waals surface area contributed by atoms with Crippen LogP contribution < -0.4 is 5.32 Å². The number of benzene rings is 1. The number of hydrogen-bond acceptors (Lipinski definition) is 2. The third kappa shape index (κ3) is 2.09. The van der Waals surface area contributed by atoms with Crippen molar-refractivity contribution >= 4 is 5.78 Å². The Morgan fingerprint density at radius 1 is 1.25 bits per heavy atom. The molecule has 0 fully saturated rings. The molecule has 16 heavy (non-hydrogen) atoms. The Labute approximate surface area is 90.5 Å². The quantitative estimate of drug-likeness (QED) is 0.747. The van der Waals surface area contributed by atoms with Crippen molar-refractivity contribution in [2.75, 3.05) is 6.54 Å². The first kappa shape index (κ1) is 11.1. The second-order valence-electron chi connectivity index (χ2n) is 3.74. The van der Waals surface area contributed by atoms with Gasteiger partial charge >= 0.3 is 6.18 Å². The molecule has 1 aliphatic heterocycles. The molecule has 5 heteroatoms. The Balaban J connectivity index is 2.34. The van der Waals surface area contributed by atoms with Crippen molar-refractivity contribution < 1.29 is 18.0 Å². The molecule has 0 unspecified atom stereocenters. The molecule has 2 rings (SSSR count). The molecule has 0 bridgehead atoms. The Hall–Kier alpha value is -1.36. The molecule has 0 radical (unpaired) electrons. The Morgan fingerprint density at radius 2 is 2.00 bits per heavy atom. The molecule has 0 saturated carbocycles. The fraction of sp³-hybridized carbons (Fsp3) is 0.364. The smallest absolute Gasteiger partial charge is 0.312 e. The van der Waals surface area contributed by atoms with Crippen LogP contribution in [0.15, 0.2) is 18.2 Å². The number of Topliss-reactive ketones (excluding diaryl/α,β-unsaturated/α-hetero) is 1. The summed E-state index contributed by atoms with van der Waals surface area (Å²) in [4.78, 5) is 11.0. The van der Waals surface area contributed by atoms with Gasteiger partial charge in [-0.3, -0.25) is 4.79 Å². The van der Waals surface area contributed by atoms with E-state index in [1.165, 1.54) is 12.1 Å². The number of ketones is 1. The Kier molecular flexibility index (Phi) is 2.71. The lowest BCUT2D eigenvalue weighted by atomic mass is 9.97. The molecule has 1 aromatic carbocycles. The molecule has 86 valence electrons. The zero-order valence-corrected chi connectivity index (χ0v) is 8.40. The first-order valence-electron chi connectivity index (χ1n) is 4.92. The lowest BCUT2D eigenvalue weighted by molar-refractivity contribution is -0.0885. The Bertz CT molecular complexity index is 426. The number of alkyl halides is 3. The lowest BCUT2D eigenvalue weighted by Crippen LogP contribution is -2.26. The number of rotatable bonds is 1. The van der Waals surface area contributed by atoms with Gasteiger partial charge in [-0.15, -0.1) is 0 Å². The molecule has 1 heterocycles. The zero-order valence-electron chi connectivity index (χ0n) is 8.40. The van der Waals surface area contributed by atoms with Crippen molar-refractivity contribution in [1.29, 1.82) is 0 Å². The number of hydrogen-bond donors (Lipinski definition) is 1. The summed E-state index contributed by atoms with van der Waals surface area (Å²) in [6.07, 6.45) is -4.01. The molecule has 0 atom stereocenters. The minimum atomic E-state index is -4.80. The minimum Gasteiger partial charge on any atom is -0.312 e. The van der Waals surface area contributed by atoms with Crippen LogP contribution in [-0.4, -0.2) is 18.5 Å². The van der Waals surface area contributed by atoms with E-state index >= 15 is 0 Å². The number of halogens is 3. The molecule has 2 nitrogen and oxygen atoms in total. The van der Waals surface area contributed by atoms with Crippen molar-refractivity contribution in [3.63, 3.8) is 0 Å². The highest BCUT2D eigenvalue weighted by atomic mass is 19.4. The largest absolute Gasteiger partial charge is 0.454 e. The van der Waals surface area contributed by atoms with E-state index in [9.17, 15) is 18.0 Å². The van der Waals surface area contributed by atoms with Crippen LogP contribution in [0.5, 0.6) is 0 Å². The van der Waals surface area contributed by atoms with E-state index in [1.807, 2.05) is 0 Å². The highest BCUT2D eigenvalue weighted by Crippen LogP contribution is 2.24. The van der Waals surface area contributed by atoms with Gasteiger partial charge in [0.2, 0.25) is 0 Å². The van der Waals surface area contributed by atoms with Crippen LogP contribution in [0.4, 0.5) is 13.2 Å². The summed E-state index contributed by atoms with van der Waals surface area (Å²) in [5.41, 5.74) is 1.51. The maximum Gasteiger partial charge on any atom is 0.454 e. The first-order chi connectivity index (χ1) is 7.48. The summed E-state index contributed by atoms with van der Waals surface area (Å²) >= 11 is 0. The maximum atomic E-state index is 12.2. The average Bonchev–Trinajstić information content (AvgIpc) is 2.26. The molecule has 1 aliphatic rings. The van der Waals surface area contributed by atoms with E-state index < -0.39 is 12.0 Å². The van der Waals surface area contributed by atoms with E-state index in [0.29, 0.717) is 6.54 Å². The van der Waals surface area contributed by atoms with Gasteiger partial charge in [0.25, 0.3) is 5.78 Å². The summed E-state index contributed by atoms with van der Waals surface area (Å²) in [7, 11) is 0. The van der Waals surface area contributed by atoms with Gasteiger partial charge in [0, 0.05) is 12.1 Å². The topological polar surface area (TPSA) is 29.1 Å². The summed E-state index contributed by atoms with van der Waals surface area (Å²) in [6, 6.07) is 4.19. The zero-order chi connectivity index (χ0) is 11.8. The molecule has 0 aliphatic carbocycles. The predicted molar refractivity (Wildman–Crippen MR) is 52.2 cm³/mol. The van der Waals surface area contributed by atoms with Crippen molar-refractivity contribution in [1.82, 2.24) is 5.32 Å². The number of fused-ring (bicyclic) bond motifs is 1. The van der Waals surface area contributed by atoms with Gasteiger partial charge in [0.1, 0.15) is 0 Å². The van der Waals surface area contributed by atoms with Crippen molar-refractivity contribution in [3.05, 3.63) is 34.9 Å². The van der Waals surface area contributed by atoms with Crippen LogP contribution in [0.25, 0.3) is 0 Å². The van der Waals surface area contributed by atoms with Crippen LogP contribution in [0.3, 0.4) is 0 Å². The Morgan fingerprint density at radius 3 is 2.69 bits per heavy atom. The standard InChI is InChI=1S/C11H10F3NO/c12-11(13,14)10(16)8-2-1-7-3-4-15-6-9(7)5-8/h1-2,5,15H,3-4,6H2. The van der Waals surface area contributed by atoms with Gasteiger partial charge in [-0.1, -0.05) is 12.1 Å². The van der Waals surface area contributed by atoms with Crippen LogP contribution >= 0.6 is 0 Å². The molecular formula is C11H10F3NO. The fourth-order valence-electron chi connectivity index (χ4n) is 1.79. The molecule has 1 N–H and O–H groups in total. The molecule has 0 aromatic heterocycles. The molecule has 1 aromatic rings. The summed E-state index contributed by atoms with van der Waals surface area (Å²) in [6.45, 7) is 1.34. The van der Waals surface area contributed by atoms with E-state index in [1.54, 1.807) is 6.07 Å². The van der Waals surface area contributed by atoms with E-state index in [-0.39, 0.29) is 5.56 Å². The molecular weight excluding hydrogens is 219 g/mol. The van der Waals surface area contributed by atoms with Gasteiger partial charge in [-0.25, -0.2) is 0 Å². The normalized spacial score (nSPS) is 15.7. The molecule has 0 amide bonds. The fourth-order valence-corrected chi connectivity index (χ4v) is 1.79. The SMILES string of the molecule is O=C(c1ccc2c(c1)CNCC2)C(F)(F)F. The van der Waals surface area contributed by atoms with Crippen LogP contribution in [0.1, 0.15) is 21.5 Å². The van der Waals surface area contributed by atoms with Crippen LogP contribution in [0.2, 0.25) is 0 Å². The highest BCUT2D eigenvalue weighted by Gasteiger charge is 2.39. The van der Waals surface area contributed by atoms with Gasteiger partial charge in [-0.05, 0) is 30.2 Å². The van der Waals surface area contributed by atoms with Crippen molar-refractivity contribution in [2.45, 2.75) is 19.1 Å². The third-order valence-corrected chi connectivity index (χ3v) is 2.61. The highest BCUT2D eigenvalue weighted by molar-refractivity contribution is 6.00. The maximum absolute atomic E-state index is 12.2. The summed E-state index contributed by atoms with van der Waals surface area (Å²) in [5.74, 6) is -1.78. The first-order valence-corrected chi connectivity index (χ1v) is 4.92. The summed E-state index contributed by atoms with van der Waals surface area (Å²) in [5, 5.41) is 3.05. The predicted octanol–water partition coefficient (Wildman–Crippen LogP) is 2.08. The van der Waals surface area contributed by atoms with Crippen LogP contribution in [0, 0.1) is 0 Å². The van der Waals surface area contributed by atoms with Gasteiger partial charge in [-0.2, -0.15) is 13.2 Å². The number of nitrogens with one attached hydrogen (secondary N) is 1. The monoisotopic (exact) mass is 229 g/mol. The van der Waals surface area contributed by atoms with E-state index in [4.69, 9.17) is 0 Å². The third-order valence-electron chi connectivity index (χ3n) is 2.61. The van der Waals surface area contributed by atoms with Crippen LogP contribution in [-0.2, 0) is 13.0 Å².